The fraction of sp³-hybridized carbons (Fsp3) is 0.571. The highest BCUT2D eigenvalue weighted by atomic mass is 28.3. The van der Waals surface area contributed by atoms with Crippen molar-refractivity contribution in [3.63, 3.8) is 0 Å². The largest absolute Gasteiger partial charge is 0.371 e. The van der Waals surface area contributed by atoms with Gasteiger partial charge in [-0.1, -0.05) is 50.0 Å². The summed E-state index contributed by atoms with van der Waals surface area (Å²) < 4.78 is 6.16. The zero-order valence-corrected chi connectivity index (χ0v) is 11.6. The molecule has 0 radical (unpaired) electrons. The molecule has 0 bridgehead atoms. The molecule has 0 aromatic heterocycles. The summed E-state index contributed by atoms with van der Waals surface area (Å²) in [6, 6.07) is 11.9. The van der Waals surface area contributed by atoms with E-state index in [1.54, 1.807) is 0 Å². The van der Waals surface area contributed by atoms with Crippen LogP contribution in [0.5, 0.6) is 0 Å². The van der Waals surface area contributed by atoms with Crippen LogP contribution in [0, 0.1) is 0 Å². The van der Waals surface area contributed by atoms with Crippen LogP contribution in [-0.4, -0.2) is 14.2 Å². The third-order valence-corrected chi connectivity index (χ3v) is 4.80. The average molecular weight is 234 g/mol. The van der Waals surface area contributed by atoms with Crippen molar-refractivity contribution in [3.05, 3.63) is 35.9 Å². The number of hydrogen-bond acceptors (Lipinski definition) is 1. The Labute approximate surface area is 99.8 Å². The molecule has 0 saturated carbocycles. The van der Waals surface area contributed by atoms with Gasteiger partial charge in [-0.3, -0.25) is 0 Å². The number of hydrogen-bond donors (Lipinski definition) is 0. The fourth-order valence-corrected chi connectivity index (χ4v) is 4.12. The van der Waals surface area contributed by atoms with Crippen LogP contribution in [0.3, 0.4) is 0 Å². The van der Waals surface area contributed by atoms with E-state index >= 15 is 0 Å². The van der Waals surface area contributed by atoms with E-state index in [-0.39, 0.29) is 0 Å². The van der Waals surface area contributed by atoms with Gasteiger partial charge in [-0.2, -0.15) is 0 Å². The van der Waals surface area contributed by atoms with Crippen molar-refractivity contribution in [1.29, 1.82) is 0 Å². The maximum Gasteiger partial charge on any atom is 0.0829 e. The predicted molar refractivity (Wildman–Crippen MR) is 71.4 cm³/mol. The zero-order valence-electron chi connectivity index (χ0n) is 10.6. The molecule has 1 nitrogen and oxygen atoms in total. The molecule has 1 aromatic carbocycles. The Morgan fingerprint density at radius 1 is 1.12 bits per heavy atom. The summed E-state index contributed by atoms with van der Waals surface area (Å²) in [6.45, 7) is 7.27. The summed E-state index contributed by atoms with van der Waals surface area (Å²) in [5.74, 6) is 0. The van der Waals surface area contributed by atoms with Crippen LogP contribution >= 0.6 is 0 Å². The van der Waals surface area contributed by atoms with E-state index < -0.39 is 8.07 Å². The minimum atomic E-state index is -0.978. The number of rotatable bonds is 3. The summed E-state index contributed by atoms with van der Waals surface area (Å²) in [5.41, 5.74) is 1.35. The van der Waals surface area contributed by atoms with Crippen LogP contribution in [0.2, 0.25) is 25.7 Å². The van der Waals surface area contributed by atoms with E-state index in [4.69, 9.17) is 4.74 Å². The summed E-state index contributed by atoms with van der Waals surface area (Å²) in [6.07, 6.45) is 3.29. The van der Waals surface area contributed by atoms with E-state index in [1.807, 2.05) is 0 Å². The Morgan fingerprint density at radius 3 is 2.44 bits per heavy atom. The molecule has 0 amide bonds. The topological polar surface area (TPSA) is 9.23 Å². The average Bonchev–Trinajstić information content (AvgIpc) is 2.65. The zero-order chi connectivity index (χ0) is 11.6. The molecule has 1 aliphatic heterocycles. The van der Waals surface area contributed by atoms with Gasteiger partial charge >= 0.3 is 0 Å². The quantitative estimate of drug-likeness (QED) is 0.711. The van der Waals surface area contributed by atoms with Gasteiger partial charge in [-0.25, -0.2) is 0 Å². The first-order valence-electron chi connectivity index (χ1n) is 6.25. The van der Waals surface area contributed by atoms with Crippen molar-refractivity contribution >= 4 is 8.07 Å². The minimum absolute atomic E-state index is 0.350. The number of benzene rings is 1. The fourth-order valence-electron chi connectivity index (χ4n) is 2.45. The molecular weight excluding hydrogens is 212 g/mol. The lowest BCUT2D eigenvalue weighted by atomic mass is 10.1. The Balaban J connectivity index is 1.94. The minimum Gasteiger partial charge on any atom is -0.371 e. The number of ether oxygens (including phenoxy) is 1. The highest BCUT2D eigenvalue weighted by Crippen LogP contribution is 2.35. The van der Waals surface area contributed by atoms with Gasteiger partial charge < -0.3 is 4.74 Å². The summed E-state index contributed by atoms with van der Waals surface area (Å²) >= 11 is 0. The summed E-state index contributed by atoms with van der Waals surface area (Å²) in [7, 11) is -0.978. The Bertz CT molecular complexity index is 328. The van der Waals surface area contributed by atoms with Crippen molar-refractivity contribution in [1.82, 2.24) is 0 Å². The Kier molecular flexibility index (Phi) is 3.50. The van der Waals surface area contributed by atoms with Gasteiger partial charge in [0.05, 0.1) is 12.2 Å². The molecule has 0 spiro atoms. The van der Waals surface area contributed by atoms with Crippen molar-refractivity contribution < 1.29 is 4.74 Å². The molecule has 1 heterocycles. The molecule has 2 heteroatoms. The molecule has 2 atom stereocenters. The molecule has 0 N–H and O–H groups in total. The lowest BCUT2D eigenvalue weighted by Crippen LogP contribution is -2.26. The molecule has 1 aromatic rings. The molecule has 16 heavy (non-hydrogen) atoms. The monoisotopic (exact) mass is 234 g/mol. The summed E-state index contributed by atoms with van der Waals surface area (Å²) in [4.78, 5) is 0. The van der Waals surface area contributed by atoms with Crippen LogP contribution in [0.1, 0.15) is 24.5 Å². The third kappa shape index (κ3) is 3.19. The van der Waals surface area contributed by atoms with Crippen molar-refractivity contribution in [3.8, 4) is 0 Å². The highest BCUT2D eigenvalue weighted by Gasteiger charge is 2.30. The molecule has 88 valence electrons. The first kappa shape index (κ1) is 11.9. The second-order valence-corrected chi connectivity index (χ2v) is 11.5. The van der Waals surface area contributed by atoms with E-state index in [2.05, 4.69) is 50.0 Å². The predicted octanol–water partition coefficient (Wildman–Crippen LogP) is 4.24. The van der Waals surface area contributed by atoms with Gasteiger partial charge in [0.1, 0.15) is 0 Å². The third-order valence-electron chi connectivity index (χ3n) is 3.12. The molecule has 1 fully saturated rings. The molecule has 1 saturated heterocycles. The van der Waals surface area contributed by atoms with Gasteiger partial charge in [0.15, 0.2) is 0 Å². The van der Waals surface area contributed by atoms with E-state index in [0.29, 0.717) is 12.2 Å². The lowest BCUT2D eigenvalue weighted by Gasteiger charge is -2.21. The molecule has 1 aliphatic rings. The van der Waals surface area contributed by atoms with Crippen LogP contribution in [-0.2, 0) is 4.74 Å². The molecule has 0 aliphatic carbocycles. The smallest absolute Gasteiger partial charge is 0.0829 e. The van der Waals surface area contributed by atoms with E-state index in [0.717, 1.165) is 0 Å². The van der Waals surface area contributed by atoms with Crippen molar-refractivity contribution in [2.24, 2.45) is 0 Å². The second kappa shape index (κ2) is 4.72. The van der Waals surface area contributed by atoms with Crippen LogP contribution in [0.4, 0.5) is 0 Å². The SMILES string of the molecule is C[Si](C)(C)CC1CCC(c2ccccc2)O1. The maximum atomic E-state index is 6.16. The highest BCUT2D eigenvalue weighted by molar-refractivity contribution is 6.76. The molecular formula is C14H22OSi. The van der Waals surface area contributed by atoms with Gasteiger partial charge in [0.2, 0.25) is 0 Å². The van der Waals surface area contributed by atoms with Gasteiger partial charge in [-0.15, -0.1) is 0 Å². The Hall–Kier alpha value is -0.603. The molecule has 2 unspecified atom stereocenters. The Morgan fingerprint density at radius 2 is 1.81 bits per heavy atom. The van der Waals surface area contributed by atoms with E-state index in [9.17, 15) is 0 Å². The normalized spacial score (nSPS) is 25.9. The van der Waals surface area contributed by atoms with E-state index in [1.165, 1.54) is 24.4 Å². The first-order chi connectivity index (χ1) is 7.54. The van der Waals surface area contributed by atoms with Gasteiger partial charge in [0, 0.05) is 8.07 Å². The van der Waals surface area contributed by atoms with Crippen LogP contribution in [0.15, 0.2) is 30.3 Å². The second-order valence-electron chi connectivity index (χ2n) is 6.00. The standard InChI is InChI=1S/C14H22OSi/c1-16(2,3)11-13-9-10-14(15-13)12-7-5-4-6-8-12/h4-8,13-14H,9-11H2,1-3H3. The van der Waals surface area contributed by atoms with Crippen molar-refractivity contribution in [2.45, 2.75) is 50.7 Å². The molecule has 2 rings (SSSR count). The first-order valence-corrected chi connectivity index (χ1v) is 9.96. The maximum absolute atomic E-state index is 6.16. The lowest BCUT2D eigenvalue weighted by molar-refractivity contribution is 0.0548. The van der Waals surface area contributed by atoms with Crippen molar-refractivity contribution in [2.75, 3.05) is 0 Å². The van der Waals surface area contributed by atoms with Crippen LogP contribution < -0.4 is 0 Å². The van der Waals surface area contributed by atoms with Crippen LogP contribution in [0.25, 0.3) is 0 Å². The summed E-state index contributed by atoms with van der Waals surface area (Å²) in [5, 5.41) is 0. The van der Waals surface area contributed by atoms with Gasteiger partial charge in [0.25, 0.3) is 0 Å². The van der Waals surface area contributed by atoms with Gasteiger partial charge in [-0.05, 0) is 24.4 Å².